The van der Waals surface area contributed by atoms with E-state index in [1.54, 1.807) is 6.20 Å². The highest BCUT2D eigenvalue weighted by atomic mass is 16.2. The number of benzene rings is 2. The standard InChI is InChI=1S/C21H22N4O/c1-16-14-25(19-10-6-5-9-18(16)19)21(26)23-13-20-22-11-12-24(20)15-17-7-3-2-4-8-17/h2-12,16H,13-15H2,1H3,(H,23,26)/t16-/m1/s1. The van der Waals surface area contributed by atoms with Crippen molar-refractivity contribution in [3.8, 4) is 0 Å². The van der Waals surface area contributed by atoms with Crippen LogP contribution in [0.15, 0.2) is 67.0 Å². The molecule has 1 aromatic heterocycles. The van der Waals surface area contributed by atoms with E-state index in [1.807, 2.05) is 47.5 Å². The largest absolute Gasteiger partial charge is 0.330 e. The zero-order valence-electron chi connectivity index (χ0n) is 14.8. The van der Waals surface area contributed by atoms with Gasteiger partial charge in [0.1, 0.15) is 5.82 Å². The number of nitrogens with zero attached hydrogens (tertiary/aromatic N) is 3. The van der Waals surface area contributed by atoms with Crippen LogP contribution in [0.25, 0.3) is 0 Å². The Hall–Kier alpha value is -3.08. The molecule has 2 aromatic carbocycles. The van der Waals surface area contributed by atoms with Crippen molar-refractivity contribution < 1.29 is 4.79 Å². The summed E-state index contributed by atoms with van der Waals surface area (Å²) < 4.78 is 2.07. The second kappa shape index (κ2) is 7.04. The second-order valence-electron chi connectivity index (χ2n) is 6.69. The first kappa shape index (κ1) is 16.4. The van der Waals surface area contributed by atoms with E-state index < -0.39 is 0 Å². The van der Waals surface area contributed by atoms with Gasteiger partial charge in [-0.05, 0) is 17.2 Å². The molecule has 1 atom stereocenters. The normalized spacial score (nSPS) is 15.7. The van der Waals surface area contributed by atoms with Crippen molar-refractivity contribution in [2.24, 2.45) is 0 Å². The number of aromatic nitrogens is 2. The third kappa shape index (κ3) is 3.20. The van der Waals surface area contributed by atoms with Crippen LogP contribution in [0, 0.1) is 0 Å². The molecule has 5 heteroatoms. The summed E-state index contributed by atoms with van der Waals surface area (Å²) in [5.74, 6) is 1.21. The lowest BCUT2D eigenvalue weighted by Gasteiger charge is -2.18. The number of imidazole rings is 1. The molecule has 0 bridgehead atoms. The van der Waals surface area contributed by atoms with Gasteiger partial charge in [0.2, 0.25) is 0 Å². The fourth-order valence-corrected chi connectivity index (χ4v) is 3.49. The van der Waals surface area contributed by atoms with Gasteiger partial charge in [-0.2, -0.15) is 0 Å². The Morgan fingerprint density at radius 3 is 2.77 bits per heavy atom. The van der Waals surface area contributed by atoms with Crippen LogP contribution in [0.4, 0.5) is 10.5 Å². The van der Waals surface area contributed by atoms with E-state index in [0.29, 0.717) is 19.0 Å². The van der Waals surface area contributed by atoms with Crippen molar-refractivity contribution in [2.75, 3.05) is 11.4 Å². The minimum Gasteiger partial charge on any atom is -0.330 e. The molecule has 0 fully saturated rings. The fourth-order valence-electron chi connectivity index (χ4n) is 3.49. The van der Waals surface area contributed by atoms with Crippen LogP contribution in [-0.2, 0) is 13.1 Å². The molecule has 1 aliphatic heterocycles. The van der Waals surface area contributed by atoms with Crippen LogP contribution in [-0.4, -0.2) is 22.1 Å². The SMILES string of the molecule is C[C@@H]1CN(C(=O)NCc2nccn2Cc2ccccc2)c2ccccc21. The molecule has 5 nitrogen and oxygen atoms in total. The smallest absolute Gasteiger partial charge is 0.322 e. The summed E-state index contributed by atoms with van der Waals surface area (Å²) in [6.45, 7) is 4.02. The molecule has 0 saturated heterocycles. The Bertz CT molecular complexity index is 903. The van der Waals surface area contributed by atoms with E-state index in [2.05, 4.69) is 40.0 Å². The Labute approximate surface area is 153 Å². The van der Waals surface area contributed by atoms with Crippen molar-refractivity contribution in [1.29, 1.82) is 0 Å². The number of carbonyl (C=O) groups is 1. The third-order valence-corrected chi connectivity index (χ3v) is 4.86. The first-order valence-electron chi connectivity index (χ1n) is 8.90. The molecule has 2 heterocycles. The van der Waals surface area contributed by atoms with Gasteiger partial charge in [-0.25, -0.2) is 9.78 Å². The first-order chi connectivity index (χ1) is 12.7. The van der Waals surface area contributed by atoms with Gasteiger partial charge in [0, 0.05) is 37.1 Å². The molecule has 0 unspecified atom stereocenters. The number of anilines is 1. The van der Waals surface area contributed by atoms with E-state index in [-0.39, 0.29) is 6.03 Å². The zero-order chi connectivity index (χ0) is 17.9. The quantitative estimate of drug-likeness (QED) is 0.782. The molecule has 0 aliphatic carbocycles. The molecule has 2 amide bonds. The van der Waals surface area contributed by atoms with Gasteiger partial charge in [0.05, 0.1) is 6.54 Å². The summed E-state index contributed by atoms with van der Waals surface area (Å²) in [7, 11) is 0. The van der Waals surface area contributed by atoms with Crippen LogP contribution in [0.3, 0.4) is 0 Å². The lowest BCUT2D eigenvalue weighted by atomic mass is 10.0. The number of fused-ring (bicyclic) bond motifs is 1. The zero-order valence-corrected chi connectivity index (χ0v) is 14.8. The second-order valence-corrected chi connectivity index (χ2v) is 6.69. The van der Waals surface area contributed by atoms with Crippen LogP contribution >= 0.6 is 0 Å². The first-order valence-corrected chi connectivity index (χ1v) is 8.90. The number of carbonyl (C=O) groups excluding carboxylic acids is 1. The van der Waals surface area contributed by atoms with Crippen LogP contribution in [0.5, 0.6) is 0 Å². The van der Waals surface area contributed by atoms with Crippen LogP contribution < -0.4 is 10.2 Å². The van der Waals surface area contributed by atoms with Crippen LogP contribution in [0.2, 0.25) is 0 Å². The summed E-state index contributed by atoms with van der Waals surface area (Å²) in [5.41, 5.74) is 3.44. The lowest BCUT2D eigenvalue weighted by Crippen LogP contribution is -2.39. The maximum atomic E-state index is 12.7. The Kier molecular flexibility index (Phi) is 4.44. The molecule has 1 N–H and O–H groups in total. The Morgan fingerprint density at radius 1 is 1.15 bits per heavy atom. The van der Waals surface area contributed by atoms with Gasteiger partial charge in [0.15, 0.2) is 0 Å². The summed E-state index contributed by atoms with van der Waals surface area (Å²) in [6, 6.07) is 18.3. The third-order valence-electron chi connectivity index (χ3n) is 4.86. The molecule has 0 saturated carbocycles. The minimum absolute atomic E-state index is 0.0731. The molecular weight excluding hydrogens is 324 g/mol. The van der Waals surface area contributed by atoms with Gasteiger partial charge >= 0.3 is 6.03 Å². The molecule has 4 rings (SSSR count). The lowest BCUT2D eigenvalue weighted by molar-refractivity contribution is 0.246. The average molecular weight is 346 g/mol. The van der Waals surface area contributed by atoms with Crippen molar-refractivity contribution in [3.05, 3.63) is 83.9 Å². The highest BCUT2D eigenvalue weighted by molar-refractivity contribution is 5.94. The minimum atomic E-state index is -0.0731. The van der Waals surface area contributed by atoms with Gasteiger partial charge in [-0.1, -0.05) is 55.5 Å². The number of rotatable bonds is 4. The van der Waals surface area contributed by atoms with E-state index >= 15 is 0 Å². The number of para-hydroxylation sites is 1. The molecule has 0 spiro atoms. The van der Waals surface area contributed by atoms with Crippen molar-refractivity contribution >= 4 is 11.7 Å². The summed E-state index contributed by atoms with van der Waals surface area (Å²) in [5, 5.41) is 3.02. The number of urea groups is 1. The Morgan fingerprint density at radius 2 is 1.92 bits per heavy atom. The predicted octanol–water partition coefficient (Wildman–Crippen LogP) is 3.76. The molecular formula is C21H22N4O. The maximum Gasteiger partial charge on any atom is 0.322 e. The highest BCUT2D eigenvalue weighted by Gasteiger charge is 2.29. The number of hydrogen-bond donors (Lipinski definition) is 1. The van der Waals surface area contributed by atoms with E-state index in [4.69, 9.17) is 0 Å². The van der Waals surface area contributed by atoms with E-state index in [1.165, 1.54) is 11.1 Å². The van der Waals surface area contributed by atoms with Gasteiger partial charge < -0.3 is 9.88 Å². The topological polar surface area (TPSA) is 50.2 Å². The van der Waals surface area contributed by atoms with E-state index in [0.717, 1.165) is 18.1 Å². The van der Waals surface area contributed by atoms with Crippen molar-refractivity contribution in [3.63, 3.8) is 0 Å². The highest BCUT2D eigenvalue weighted by Crippen LogP contribution is 2.35. The molecule has 3 aromatic rings. The Balaban J connectivity index is 1.43. The fraction of sp³-hybridized carbons (Fsp3) is 0.238. The summed E-state index contributed by atoms with van der Waals surface area (Å²) in [4.78, 5) is 18.9. The molecule has 26 heavy (non-hydrogen) atoms. The molecule has 132 valence electrons. The van der Waals surface area contributed by atoms with Crippen molar-refractivity contribution in [1.82, 2.24) is 14.9 Å². The van der Waals surface area contributed by atoms with Crippen molar-refractivity contribution in [2.45, 2.75) is 25.9 Å². The number of nitrogens with one attached hydrogen (secondary N) is 1. The summed E-state index contributed by atoms with van der Waals surface area (Å²) in [6.07, 6.45) is 3.72. The number of hydrogen-bond acceptors (Lipinski definition) is 2. The van der Waals surface area contributed by atoms with Crippen LogP contribution in [0.1, 0.15) is 29.8 Å². The van der Waals surface area contributed by atoms with Gasteiger partial charge in [-0.3, -0.25) is 4.90 Å². The average Bonchev–Trinajstić information content (AvgIpc) is 3.25. The predicted molar refractivity (Wildman–Crippen MR) is 102 cm³/mol. The number of amides is 2. The van der Waals surface area contributed by atoms with Gasteiger partial charge in [0.25, 0.3) is 0 Å². The molecule has 0 radical (unpaired) electrons. The molecule has 1 aliphatic rings. The maximum absolute atomic E-state index is 12.7. The summed E-state index contributed by atoms with van der Waals surface area (Å²) >= 11 is 0. The van der Waals surface area contributed by atoms with Gasteiger partial charge in [-0.15, -0.1) is 0 Å². The van der Waals surface area contributed by atoms with E-state index in [9.17, 15) is 4.79 Å². The monoisotopic (exact) mass is 346 g/mol.